The Kier molecular flexibility index (Phi) is 16.4. The summed E-state index contributed by atoms with van der Waals surface area (Å²) in [6.45, 7) is 0. The second-order valence-electron chi connectivity index (χ2n) is 0.971. The Bertz CT molecular complexity index is 126. The Balaban J connectivity index is -0.000000245. The van der Waals surface area contributed by atoms with E-state index in [2.05, 4.69) is 0 Å². The molecule has 0 saturated carbocycles. The summed E-state index contributed by atoms with van der Waals surface area (Å²) < 4.78 is 0. The summed E-state index contributed by atoms with van der Waals surface area (Å²) in [5.41, 5.74) is 0. The molecule has 0 aromatic carbocycles. The molecule has 0 amide bonds. The third kappa shape index (κ3) is 15.9. The zero-order valence-electron chi connectivity index (χ0n) is 5.79. The molecule has 0 aromatic heterocycles. The molecule has 44 valence electrons. The van der Waals surface area contributed by atoms with Crippen molar-refractivity contribution in [1.29, 1.82) is 0 Å². The molecule has 0 aliphatic rings. The first kappa shape index (κ1) is 17.0. The zero-order valence-corrected chi connectivity index (χ0v) is 9.79. The zero-order chi connectivity index (χ0) is 6.57. The van der Waals surface area contributed by atoms with Gasteiger partial charge < -0.3 is 19.8 Å². The molecule has 0 rings (SSSR count). The van der Waals surface area contributed by atoms with E-state index in [4.69, 9.17) is 0 Å². The van der Waals surface area contributed by atoms with Crippen LogP contribution in [0.1, 0.15) is 0 Å². The molecule has 4 nitrogen and oxygen atoms in total. The van der Waals surface area contributed by atoms with E-state index in [1.54, 1.807) is 0 Å². The van der Waals surface area contributed by atoms with Crippen molar-refractivity contribution in [2.24, 2.45) is 0 Å². The van der Waals surface area contributed by atoms with Gasteiger partial charge in [0, 0.05) is 0 Å². The molecule has 0 unspecified atom stereocenters. The van der Waals surface area contributed by atoms with Crippen LogP contribution in [0.25, 0.3) is 0 Å². The molecule has 0 spiro atoms. The van der Waals surface area contributed by atoms with E-state index in [0.29, 0.717) is 12.2 Å². The molecule has 0 heterocycles. The first-order chi connectivity index (χ1) is 3.63. The number of carbonyl (C=O) groups is 2. The first-order valence-electron chi connectivity index (χ1n) is 1.73. The van der Waals surface area contributed by atoms with Crippen molar-refractivity contribution in [2.75, 3.05) is 0 Å². The van der Waals surface area contributed by atoms with Crippen molar-refractivity contribution in [3.8, 4) is 0 Å². The van der Waals surface area contributed by atoms with Crippen molar-refractivity contribution in [2.45, 2.75) is 0 Å². The number of carboxylic acid groups (broad SMARTS) is 2. The van der Waals surface area contributed by atoms with Crippen molar-refractivity contribution >= 4 is 11.9 Å². The topological polar surface area (TPSA) is 80.3 Å². The SMILES string of the molecule is O=C([O-])/C=C/[13C](=O)[O-].[Na+].[Na+]. The molecule has 0 radical (unpaired) electrons. The van der Waals surface area contributed by atoms with Crippen LogP contribution in [-0.4, -0.2) is 11.9 Å². The van der Waals surface area contributed by atoms with Gasteiger partial charge in [0.05, 0.1) is 11.9 Å². The van der Waals surface area contributed by atoms with E-state index < -0.39 is 11.9 Å². The van der Waals surface area contributed by atoms with Crippen molar-refractivity contribution in [3.05, 3.63) is 12.2 Å². The Morgan fingerprint density at radius 1 is 0.900 bits per heavy atom. The van der Waals surface area contributed by atoms with Crippen molar-refractivity contribution < 1.29 is 78.9 Å². The van der Waals surface area contributed by atoms with E-state index in [1.807, 2.05) is 0 Å². The van der Waals surface area contributed by atoms with Crippen LogP contribution in [0.3, 0.4) is 0 Å². The summed E-state index contributed by atoms with van der Waals surface area (Å²) in [6, 6.07) is 0. The molecule has 0 saturated heterocycles. The molecular weight excluding hydrogens is 159 g/mol. The van der Waals surface area contributed by atoms with Gasteiger partial charge in [-0.05, 0) is 12.2 Å². The maximum atomic E-state index is 9.41. The minimum atomic E-state index is -1.55. The molecular formula is C4H2Na2O4. The fourth-order valence-corrected chi connectivity index (χ4v) is 0.136. The summed E-state index contributed by atoms with van der Waals surface area (Å²) in [5.74, 6) is -3.09. The Morgan fingerprint density at radius 2 is 1.10 bits per heavy atom. The standard InChI is InChI=1S/C4H4O4.2Na/c5-3(6)1-2-4(7)8;;/h1-2H,(H,5,6)(H,7,8);;/q;2*+1/p-2/b2-1+;;/i3+1;;. The van der Waals surface area contributed by atoms with E-state index in [1.165, 1.54) is 0 Å². The maximum Gasteiger partial charge on any atom is 1.00 e. The van der Waals surface area contributed by atoms with E-state index in [9.17, 15) is 19.8 Å². The number of hydrogen-bond donors (Lipinski definition) is 0. The van der Waals surface area contributed by atoms with Crippen LogP contribution in [0.5, 0.6) is 0 Å². The minimum Gasteiger partial charge on any atom is -0.545 e. The second-order valence-corrected chi connectivity index (χ2v) is 0.971. The largest absolute Gasteiger partial charge is 1.00 e. The summed E-state index contributed by atoms with van der Waals surface area (Å²) in [4.78, 5) is 18.8. The van der Waals surface area contributed by atoms with Crippen molar-refractivity contribution in [1.82, 2.24) is 0 Å². The summed E-state index contributed by atoms with van der Waals surface area (Å²) in [7, 11) is 0. The van der Waals surface area contributed by atoms with Gasteiger partial charge >= 0.3 is 59.1 Å². The van der Waals surface area contributed by atoms with Gasteiger partial charge in [-0.3, -0.25) is 0 Å². The molecule has 10 heavy (non-hydrogen) atoms. The average Bonchev–Trinajstić information content (AvgIpc) is 1.61. The fraction of sp³-hybridized carbons (Fsp3) is 0. The summed E-state index contributed by atoms with van der Waals surface area (Å²) in [6.07, 6.45) is 0.769. The normalized spacial score (nSPS) is 7.60. The first-order valence-corrected chi connectivity index (χ1v) is 1.73. The van der Waals surface area contributed by atoms with Crippen LogP contribution < -0.4 is 69.3 Å². The molecule has 0 atom stereocenters. The maximum absolute atomic E-state index is 9.41. The van der Waals surface area contributed by atoms with Gasteiger partial charge in [0.2, 0.25) is 0 Å². The van der Waals surface area contributed by atoms with E-state index in [-0.39, 0.29) is 59.1 Å². The fourth-order valence-electron chi connectivity index (χ4n) is 0.136. The van der Waals surface area contributed by atoms with E-state index in [0.717, 1.165) is 0 Å². The Morgan fingerprint density at radius 3 is 1.20 bits per heavy atom. The number of carboxylic acids is 2. The van der Waals surface area contributed by atoms with Gasteiger partial charge in [0.1, 0.15) is 0 Å². The quantitative estimate of drug-likeness (QED) is 0.229. The van der Waals surface area contributed by atoms with Crippen LogP contribution in [-0.2, 0) is 9.59 Å². The number of rotatable bonds is 2. The number of carbonyl (C=O) groups excluding carboxylic acids is 2. The van der Waals surface area contributed by atoms with Gasteiger partial charge in [-0.25, -0.2) is 0 Å². The van der Waals surface area contributed by atoms with Gasteiger partial charge in [-0.1, -0.05) is 0 Å². The van der Waals surface area contributed by atoms with Crippen LogP contribution in [0.15, 0.2) is 12.2 Å². The molecule has 0 bridgehead atoms. The third-order valence-corrected chi connectivity index (χ3v) is 0.355. The van der Waals surface area contributed by atoms with E-state index >= 15 is 0 Å². The van der Waals surface area contributed by atoms with Gasteiger partial charge in [-0.2, -0.15) is 0 Å². The van der Waals surface area contributed by atoms with Gasteiger partial charge in [-0.15, -0.1) is 0 Å². The van der Waals surface area contributed by atoms with Crippen LogP contribution >= 0.6 is 0 Å². The minimum absolute atomic E-state index is 0. The van der Waals surface area contributed by atoms with Crippen molar-refractivity contribution in [3.63, 3.8) is 0 Å². The molecule has 6 heteroatoms. The summed E-state index contributed by atoms with van der Waals surface area (Å²) >= 11 is 0. The third-order valence-electron chi connectivity index (χ3n) is 0.355. The molecule has 0 aliphatic carbocycles. The Labute approximate surface area is 102 Å². The smallest absolute Gasteiger partial charge is 0.545 e. The monoisotopic (exact) mass is 161 g/mol. The molecule has 0 N–H and O–H groups in total. The van der Waals surface area contributed by atoms with Gasteiger partial charge in [0.25, 0.3) is 0 Å². The summed E-state index contributed by atoms with van der Waals surface area (Å²) in [5, 5.41) is 18.8. The average molecular weight is 161 g/mol. The number of hydrogen-bond acceptors (Lipinski definition) is 4. The second kappa shape index (κ2) is 9.68. The molecule has 0 aromatic rings. The molecule has 0 aliphatic heterocycles. The molecule has 0 fully saturated rings. The van der Waals surface area contributed by atoms with Crippen LogP contribution in [0.2, 0.25) is 0 Å². The number of aliphatic carboxylic acids is 2. The van der Waals surface area contributed by atoms with Gasteiger partial charge in [0.15, 0.2) is 0 Å². The Hall–Kier alpha value is 0.680. The predicted molar refractivity (Wildman–Crippen MR) is 19.2 cm³/mol. The predicted octanol–water partition coefficient (Wildman–Crippen LogP) is -8.95. The van der Waals surface area contributed by atoms with Crippen LogP contribution in [0.4, 0.5) is 0 Å². The van der Waals surface area contributed by atoms with Crippen LogP contribution in [0, 0.1) is 0 Å².